The van der Waals surface area contributed by atoms with E-state index in [0.717, 1.165) is 17.7 Å². The molecule has 2 heterocycles. The third kappa shape index (κ3) is 5.22. The second-order valence-corrected chi connectivity index (χ2v) is 8.46. The molecule has 10 heteroatoms. The van der Waals surface area contributed by atoms with Gasteiger partial charge in [-0.1, -0.05) is 36.9 Å². The minimum atomic E-state index is -4.52. The summed E-state index contributed by atoms with van der Waals surface area (Å²) in [6.45, 7) is 1.80. The van der Waals surface area contributed by atoms with E-state index >= 15 is 0 Å². The van der Waals surface area contributed by atoms with E-state index < -0.39 is 23.7 Å². The molecule has 4 aromatic rings. The molecule has 0 saturated carbocycles. The molecule has 1 atom stereocenters. The van der Waals surface area contributed by atoms with Crippen LogP contribution in [0.4, 0.5) is 23.2 Å². The van der Waals surface area contributed by atoms with Crippen molar-refractivity contribution in [2.24, 2.45) is 0 Å². The monoisotopic (exact) mass is 488 g/mol. The Kier molecular flexibility index (Phi) is 6.87. The number of fused-ring (bicyclic) bond motifs is 1. The van der Waals surface area contributed by atoms with Crippen LogP contribution in [-0.2, 0) is 16.7 Å². The predicted molar refractivity (Wildman–Crippen MR) is 123 cm³/mol. The number of rotatable bonds is 7. The van der Waals surface area contributed by atoms with E-state index in [1.807, 2.05) is 0 Å². The summed E-state index contributed by atoms with van der Waals surface area (Å²) in [4.78, 5) is 22.2. The normalized spacial score (nSPS) is 12.6. The van der Waals surface area contributed by atoms with E-state index in [-0.39, 0.29) is 11.5 Å². The van der Waals surface area contributed by atoms with Crippen molar-refractivity contribution in [3.8, 4) is 0 Å². The third-order valence-electron chi connectivity index (χ3n) is 5.13. The Labute approximate surface area is 197 Å². The lowest BCUT2D eigenvalue weighted by molar-refractivity contribution is -0.137. The van der Waals surface area contributed by atoms with Crippen molar-refractivity contribution in [2.45, 2.75) is 36.5 Å². The van der Waals surface area contributed by atoms with Gasteiger partial charge in [0.05, 0.1) is 5.56 Å². The van der Waals surface area contributed by atoms with E-state index in [2.05, 4.69) is 15.3 Å². The molecule has 2 aromatic carbocycles. The lowest BCUT2D eigenvalue weighted by Crippen LogP contribution is -2.26. The smallest absolute Gasteiger partial charge is 0.324 e. The molecule has 0 radical (unpaired) electrons. The van der Waals surface area contributed by atoms with Gasteiger partial charge >= 0.3 is 6.18 Å². The second kappa shape index (κ2) is 9.84. The molecule has 1 N–H and O–H groups in total. The Morgan fingerprint density at radius 1 is 1.12 bits per heavy atom. The first-order chi connectivity index (χ1) is 16.3. The molecule has 0 aliphatic carbocycles. The van der Waals surface area contributed by atoms with Crippen molar-refractivity contribution in [1.82, 2.24) is 14.5 Å². The summed E-state index contributed by atoms with van der Waals surface area (Å²) in [7, 11) is 0. The number of hydrogen-bond donors (Lipinski definition) is 1. The molecular formula is C24H20F4N4OS. The van der Waals surface area contributed by atoms with E-state index in [1.165, 1.54) is 36.0 Å². The Morgan fingerprint density at radius 3 is 2.65 bits per heavy atom. The van der Waals surface area contributed by atoms with Crippen LogP contribution in [0.25, 0.3) is 11.2 Å². The van der Waals surface area contributed by atoms with Crippen molar-refractivity contribution in [2.75, 3.05) is 5.32 Å². The number of benzene rings is 2. The molecule has 0 unspecified atom stereocenters. The number of aromatic nitrogens is 3. The Morgan fingerprint density at radius 2 is 1.91 bits per heavy atom. The number of thioether (sulfide) groups is 1. The van der Waals surface area contributed by atoms with Gasteiger partial charge in [0, 0.05) is 17.6 Å². The maximum absolute atomic E-state index is 13.6. The van der Waals surface area contributed by atoms with Crippen LogP contribution in [-0.4, -0.2) is 20.4 Å². The average molecular weight is 489 g/mol. The molecule has 0 fully saturated rings. The van der Waals surface area contributed by atoms with Crippen molar-refractivity contribution < 1.29 is 22.4 Å². The van der Waals surface area contributed by atoms with Crippen LogP contribution >= 0.6 is 11.8 Å². The predicted octanol–water partition coefficient (Wildman–Crippen LogP) is 6.47. The number of nitrogens with one attached hydrogen (secondary N) is 1. The lowest BCUT2D eigenvalue weighted by Gasteiger charge is -2.20. The number of anilines is 1. The number of amides is 1. The van der Waals surface area contributed by atoms with Crippen molar-refractivity contribution >= 4 is 34.5 Å². The molecule has 5 nitrogen and oxygen atoms in total. The second-order valence-electron chi connectivity index (χ2n) is 7.52. The fraction of sp³-hybridized carbons (Fsp3) is 0.208. The van der Waals surface area contributed by atoms with Gasteiger partial charge in [0.15, 0.2) is 10.8 Å². The third-order valence-corrected chi connectivity index (χ3v) is 6.16. The molecule has 0 bridgehead atoms. The van der Waals surface area contributed by atoms with Gasteiger partial charge in [-0.3, -0.25) is 9.36 Å². The Bertz CT molecular complexity index is 1320. The van der Waals surface area contributed by atoms with Crippen LogP contribution in [0.1, 0.15) is 30.5 Å². The van der Waals surface area contributed by atoms with Gasteiger partial charge in [-0.15, -0.1) is 0 Å². The number of carbonyl (C=O) groups excluding carboxylic acids is 1. The molecule has 2 aromatic heterocycles. The summed E-state index contributed by atoms with van der Waals surface area (Å²) in [6, 6.07) is 13.4. The first-order valence-electron chi connectivity index (χ1n) is 10.4. The van der Waals surface area contributed by atoms with E-state index in [0.29, 0.717) is 28.5 Å². The molecular weight excluding hydrogens is 468 g/mol. The first-order valence-corrected chi connectivity index (χ1v) is 11.4. The van der Waals surface area contributed by atoms with Crippen molar-refractivity contribution in [3.63, 3.8) is 0 Å². The van der Waals surface area contributed by atoms with Crippen LogP contribution in [0.2, 0.25) is 0 Å². The van der Waals surface area contributed by atoms with E-state index in [9.17, 15) is 22.4 Å². The van der Waals surface area contributed by atoms with Gasteiger partial charge < -0.3 is 5.32 Å². The highest BCUT2D eigenvalue weighted by atomic mass is 32.2. The highest BCUT2D eigenvalue weighted by Crippen LogP contribution is 2.33. The highest BCUT2D eigenvalue weighted by Gasteiger charge is 2.31. The van der Waals surface area contributed by atoms with Crippen LogP contribution < -0.4 is 5.32 Å². The summed E-state index contributed by atoms with van der Waals surface area (Å²) < 4.78 is 54.5. The number of imidazole rings is 1. The number of nitrogens with zero attached hydrogens (tertiary/aromatic N) is 3. The van der Waals surface area contributed by atoms with Crippen molar-refractivity contribution in [3.05, 3.63) is 83.8 Å². The Balaban J connectivity index is 1.65. The van der Waals surface area contributed by atoms with Crippen LogP contribution in [0, 0.1) is 5.82 Å². The highest BCUT2D eigenvalue weighted by molar-refractivity contribution is 7.98. The molecule has 4 rings (SSSR count). The standard InChI is InChI=1S/C24H20F4N4OS/c1-2-20(22(33)30-18-9-4-7-16(13-18)24(26,27)28)32-21-19(10-5-11-29-21)31-23(32)34-14-15-6-3-8-17(25)12-15/h3-13,20H,2,14H2,1H3,(H,30,33)/t20-/m1/s1. The topological polar surface area (TPSA) is 59.8 Å². The van der Waals surface area contributed by atoms with Crippen LogP contribution in [0.15, 0.2) is 72.0 Å². The number of alkyl halides is 3. The lowest BCUT2D eigenvalue weighted by atomic mass is 10.1. The molecule has 0 aliphatic rings. The average Bonchev–Trinajstić information content (AvgIpc) is 3.16. The van der Waals surface area contributed by atoms with Gasteiger partial charge in [-0.05, 0) is 54.4 Å². The van der Waals surface area contributed by atoms with Gasteiger partial charge in [-0.2, -0.15) is 13.2 Å². The Hall–Kier alpha value is -3.40. The molecule has 0 saturated heterocycles. The minimum Gasteiger partial charge on any atom is -0.324 e. The fourth-order valence-electron chi connectivity index (χ4n) is 3.55. The maximum Gasteiger partial charge on any atom is 0.416 e. The van der Waals surface area contributed by atoms with Gasteiger partial charge in [0.25, 0.3) is 0 Å². The van der Waals surface area contributed by atoms with Crippen LogP contribution in [0.3, 0.4) is 0 Å². The maximum atomic E-state index is 13.6. The summed E-state index contributed by atoms with van der Waals surface area (Å²) >= 11 is 1.32. The number of hydrogen-bond acceptors (Lipinski definition) is 4. The molecule has 176 valence electrons. The summed E-state index contributed by atoms with van der Waals surface area (Å²) in [5, 5.41) is 3.10. The number of carbonyl (C=O) groups is 1. The zero-order valence-electron chi connectivity index (χ0n) is 18.0. The van der Waals surface area contributed by atoms with Gasteiger partial charge in [0.2, 0.25) is 5.91 Å². The van der Waals surface area contributed by atoms with E-state index in [1.54, 1.807) is 42.0 Å². The quantitative estimate of drug-likeness (QED) is 0.239. The van der Waals surface area contributed by atoms with Crippen LogP contribution in [0.5, 0.6) is 0 Å². The largest absolute Gasteiger partial charge is 0.416 e. The fourth-order valence-corrected chi connectivity index (χ4v) is 4.54. The zero-order chi connectivity index (χ0) is 24.3. The summed E-state index contributed by atoms with van der Waals surface area (Å²) in [5.41, 5.74) is 1.01. The molecule has 0 spiro atoms. The molecule has 0 aliphatic heterocycles. The van der Waals surface area contributed by atoms with E-state index in [4.69, 9.17) is 0 Å². The summed E-state index contributed by atoms with van der Waals surface area (Å²) in [6.07, 6.45) is -2.59. The minimum absolute atomic E-state index is 0.0459. The zero-order valence-corrected chi connectivity index (χ0v) is 18.8. The SMILES string of the molecule is CC[C@H](C(=O)Nc1cccc(C(F)(F)F)c1)n1c(SCc2cccc(F)c2)nc2cccnc21. The number of halogens is 4. The summed E-state index contributed by atoms with van der Waals surface area (Å²) in [5.74, 6) is -0.424. The number of pyridine rings is 1. The molecule has 1 amide bonds. The van der Waals surface area contributed by atoms with Gasteiger partial charge in [0.1, 0.15) is 17.4 Å². The van der Waals surface area contributed by atoms with Gasteiger partial charge in [-0.25, -0.2) is 14.4 Å². The van der Waals surface area contributed by atoms with Crippen molar-refractivity contribution in [1.29, 1.82) is 0 Å². The first kappa shape index (κ1) is 23.7. The molecule has 34 heavy (non-hydrogen) atoms.